The molecule has 0 saturated carbocycles. The fourth-order valence-electron chi connectivity index (χ4n) is 2.34. The number of carbonyl (C=O) groups is 3. The molecule has 0 aliphatic heterocycles. The average molecular weight is 361 g/mol. The molecule has 0 heterocycles. The first-order valence-corrected chi connectivity index (χ1v) is 9.65. The van der Waals surface area contributed by atoms with Gasteiger partial charge in [0, 0.05) is 50.0 Å². The minimum atomic E-state index is -0.798. The van der Waals surface area contributed by atoms with Crippen LogP contribution in [0.25, 0.3) is 0 Å². The van der Waals surface area contributed by atoms with E-state index in [9.17, 15) is 14.4 Å². The van der Waals surface area contributed by atoms with Gasteiger partial charge >= 0.3 is 5.97 Å². The SMILES string of the molecule is CCC(=O)N(C)CCC(C)(C)N(CCSCCC(=O)O)C(=O)CC. The Balaban J connectivity index is 4.61. The van der Waals surface area contributed by atoms with Gasteiger partial charge in [-0.25, -0.2) is 0 Å². The predicted octanol–water partition coefficient (Wildman–Crippen LogP) is 2.47. The van der Waals surface area contributed by atoms with E-state index in [0.29, 0.717) is 43.9 Å². The van der Waals surface area contributed by atoms with E-state index in [2.05, 4.69) is 0 Å². The molecule has 24 heavy (non-hydrogen) atoms. The van der Waals surface area contributed by atoms with Crippen molar-refractivity contribution in [1.82, 2.24) is 9.80 Å². The standard InChI is InChI=1S/C17H32N2O4S/c1-6-14(20)18(5)10-9-17(3,4)19(15(21)7-2)11-13-24-12-8-16(22)23/h6-13H2,1-5H3,(H,22,23). The van der Waals surface area contributed by atoms with Crippen LogP contribution in [0.4, 0.5) is 0 Å². The lowest BCUT2D eigenvalue weighted by molar-refractivity contribution is -0.137. The first-order chi connectivity index (χ1) is 11.2. The Morgan fingerprint density at radius 2 is 1.58 bits per heavy atom. The van der Waals surface area contributed by atoms with Gasteiger partial charge in [-0.05, 0) is 20.3 Å². The van der Waals surface area contributed by atoms with E-state index in [0.717, 1.165) is 0 Å². The maximum absolute atomic E-state index is 12.3. The van der Waals surface area contributed by atoms with Crippen molar-refractivity contribution in [2.45, 2.75) is 58.9 Å². The normalized spacial score (nSPS) is 11.2. The number of carbonyl (C=O) groups excluding carboxylic acids is 2. The highest BCUT2D eigenvalue weighted by Gasteiger charge is 2.30. The summed E-state index contributed by atoms with van der Waals surface area (Å²) in [6.07, 6.45) is 1.77. The number of nitrogens with zero attached hydrogens (tertiary/aromatic N) is 2. The molecule has 0 bridgehead atoms. The van der Waals surface area contributed by atoms with Crippen molar-refractivity contribution in [2.24, 2.45) is 0 Å². The molecular weight excluding hydrogens is 328 g/mol. The van der Waals surface area contributed by atoms with E-state index in [1.807, 2.05) is 32.6 Å². The Hall–Kier alpha value is -1.24. The number of amides is 2. The number of rotatable bonds is 12. The van der Waals surface area contributed by atoms with Crippen LogP contribution in [0.2, 0.25) is 0 Å². The Morgan fingerprint density at radius 1 is 1.00 bits per heavy atom. The van der Waals surface area contributed by atoms with Crippen LogP contribution in [0.5, 0.6) is 0 Å². The van der Waals surface area contributed by atoms with Gasteiger partial charge in [0.1, 0.15) is 0 Å². The summed E-state index contributed by atoms with van der Waals surface area (Å²) in [7, 11) is 1.79. The third-order valence-electron chi connectivity index (χ3n) is 4.04. The number of carboxylic acid groups (broad SMARTS) is 1. The predicted molar refractivity (Wildman–Crippen MR) is 98.2 cm³/mol. The van der Waals surface area contributed by atoms with Crippen molar-refractivity contribution in [3.05, 3.63) is 0 Å². The maximum atomic E-state index is 12.3. The summed E-state index contributed by atoms with van der Waals surface area (Å²) >= 11 is 1.55. The first-order valence-electron chi connectivity index (χ1n) is 8.49. The molecule has 0 aliphatic rings. The second-order valence-corrected chi connectivity index (χ2v) is 7.61. The smallest absolute Gasteiger partial charge is 0.304 e. The highest BCUT2D eigenvalue weighted by Crippen LogP contribution is 2.21. The topological polar surface area (TPSA) is 77.9 Å². The lowest BCUT2D eigenvalue weighted by Crippen LogP contribution is -2.50. The Bertz CT molecular complexity index is 427. The summed E-state index contributed by atoms with van der Waals surface area (Å²) in [5, 5.41) is 8.65. The first kappa shape index (κ1) is 22.8. The molecule has 7 heteroatoms. The van der Waals surface area contributed by atoms with E-state index >= 15 is 0 Å². The van der Waals surface area contributed by atoms with Crippen molar-refractivity contribution in [3.8, 4) is 0 Å². The molecule has 0 atom stereocenters. The second-order valence-electron chi connectivity index (χ2n) is 6.39. The van der Waals surface area contributed by atoms with E-state index in [4.69, 9.17) is 5.11 Å². The second kappa shape index (κ2) is 11.3. The number of thioether (sulfide) groups is 1. The van der Waals surface area contributed by atoms with Crippen LogP contribution in [-0.2, 0) is 14.4 Å². The molecular formula is C17H32N2O4S. The third kappa shape index (κ3) is 8.57. The van der Waals surface area contributed by atoms with Crippen LogP contribution in [-0.4, -0.2) is 69.9 Å². The van der Waals surface area contributed by atoms with Crippen molar-refractivity contribution >= 4 is 29.5 Å². The van der Waals surface area contributed by atoms with E-state index in [1.54, 1.807) is 23.7 Å². The maximum Gasteiger partial charge on any atom is 0.304 e. The van der Waals surface area contributed by atoms with Crippen LogP contribution < -0.4 is 0 Å². The van der Waals surface area contributed by atoms with Crippen molar-refractivity contribution in [3.63, 3.8) is 0 Å². The van der Waals surface area contributed by atoms with Crippen LogP contribution in [0.3, 0.4) is 0 Å². The molecule has 0 rings (SSSR count). The number of aliphatic carboxylic acids is 1. The Labute approximate surface area is 149 Å². The molecule has 0 aliphatic carbocycles. The largest absolute Gasteiger partial charge is 0.481 e. The van der Waals surface area contributed by atoms with Crippen LogP contribution in [0.15, 0.2) is 0 Å². The molecule has 0 aromatic heterocycles. The summed E-state index contributed by atoms with van der Waals surface area (Å²) in [6.45, 7) is 8.93. The van der Waals surface area contributed by atoms with Gasteiger partial charge in [-0.2, -0.15) is 11.8 Å². The monoisotopic (exact) mass is 360 g/mol. The van der Waals surface area contributed by atoms with E-state index < -0.39 is 5.97 Å². The Kier molecular flexibility index (Phi) is 10.8. The zero-order chi connectivity index (χ0) is 18.8. The van der Waals surface area contributed by atoms with Crippen molar-refractivity contribution < 1.29 is 19.5 Å². The fourth-order valence-corrected chi connectivity index (χ4v) is 3.18. The van der Waals surface area contributed by atoms with Gasteiger partial charge in [0.05, 0.1) is 6.42 Å². The van der Waals surface area contributed by atoms with Crippen LogP contribution in [0.1, 0.15) is 53.4 Å². The fraction of sp³-hybridized carbons (Fsp3) is 0.824. The molecule has 0 aromatic carbocycles. The Morgan fingerprint density at radius 3 is 2.08 bits per heavy atom. The number of carboxylic acids is 1. The molecule has 0 unspecified atom stereocenters. The molecule has 0 saturated heterocycles. The lowest BCUT2D eigenvalue weighted by atomic mass is 9.97. The van der Waals surface area contributed by atoms with E-state index in [1.165, 1.54) is 0 Å². The molecule has 140 valence electrons. The minimum absolute atomic E-state index is 0.0864. The van der Waals surface area contributed by atoms with Gasteiger partial charge in [0.25, 0.3) is 0 Å². The highest BCUT2D eigenvalue weighted by molar-refractivity contribution is 7.99. The quantitative estimate of drug-likeness (QED) is 0.541. The molecule has 0 radical (unpaired) electrons. The van der Waals surface area contributed by atoms with E-state index in [-0.39, 0.29) is 23.8 Å². The van der Waals surface area contributed by atoms with Crippen molar-refractivity contribution in [2.75, 3.05) is 31.6 Å². The van der Waals surface area contributed by atoms with Gasteiger partial charge in [-0.15, -0.1) is 0 Å². The molecule has 1 N–H and O–H groups in total. The van der Waals surface area contributed by atoms with Crippen molar-refractivity contribution in [1.29, 1.82) is 0 Å². The highest BCUT2D eigenvalue weighted by atomic mass is 32.2. The molecule has 0 aromatic rings. The zero-order valence-electron chi connectivity index (χ0n) is 15.6. The molecule has 6 nitrogen and oxygen atoms in total. The summed E-state index contributed by atoms with van der Waals surface area (Å²) < 4.78 is 0. The molecule has 0 fully saturated rings. The zero-order valence-corrected chi connectivity index (χ0v) is 16.4. The summed E-state index contributed by atoms with van der Waals surface area (Å²) in [5.74, 6) is 0.656. The van der Waals surface area contributed by atoms with Gasteiger partial charge in [0.15, 0.2) is 0 Å². The van der Waals surface area contributed by atoms with Gasteiger partial charge < -0.3 is 14.9 Å². The van der Waals surface area contributed by atoms with Gasteiger partial charge in [0.2, 0.25) is 11.8 Å². The number of hydrogen-bond acceptors (Lipinski definition) is 4. The lowest BCUT2D eigenvalue weighted by Gasteiger charge is -2.39. The summed E-state index contributed by atoms with van der Waals surface area (Å²) in [4.78, 5) is 38.1. The van der Waals surface area contributed by atoms with Crippen LogP contribution in [0, 0.1) is 0 Å². The van der Waals surface area contributed by atoms with Gasteiger partial charge in [-0.1, -0.05) is 13.8 Å². The summed E-state index contributed by atoms with van der Waals surface area (Å²) in [6, 6.07) is 0. The van der Waals surface area contributed by atoms with Gasteiger partial charge in [-0.3, -0.25) is 14.4 Å². The average Bonchev–Trinajstić information content (AvgIpc) is 2.53. The minimum Gasteiger partial charge on any atom is -0.481 e. The number of hydrogen-bond donors (Lipinski definition) is 1. The molecule has 0 spiro atoms. The third-order valence-corrected chi connectivity index (χ3v) is 5.00. The van der Waals surface area contributed by atoms with Crippen LogP contribution >= 0.6 is 11.8 Å². The summed E-state index contributed by atoms with van der Waals surface area (Å²) in [5.41, 5.74) is -0.345. The molecule has 2 amide bonds.